The van der Waals surface area contributed by atoms with E-state index >= 15 is 0 Å². The van der Waals surface area contributed by atoms with E-state index in [1.54, 1.807) is 0 Å². The van der Waals surface area contributed by atoms with Crippen LogP contribution in [0.1, 0.15) is 48.5 Å². The number of hydrogen-bond acceptors (Lipinski definition) is 4. The molecule has 1 aromatic heterocycles. The van der Waals surface area contributed by atoms with Crippen LogP contribution in [0.2, 0.25) is 0 Å². The summed E-state index contributed by atoms with van der Waals surface area (Å²) in [7, 11) is 0. The lowest BCUT2D eigenvalue weighted by atomic mass is 10.1. The van der Waals surface area contributed by atoms with Gasteiger partial charge in [-0.3, -0.25) is 4.79 Å². The highest BCUT2D eigenvalue weighted by atomic mass is 32.1. The summed E-state index contributed by atoms with van der Waals surface area (Å²) < 4.78 is 3.82. The fraction of sp³-hybridized carbons (Fsp3) is 0.583. The first kappa shape index (κ1) is 13.7. The van der Waals surface area contributed by atoms with E-state index in [0.717, 1.165) is 42.9 Å². The number of carbonyl (C=O) groups excluding carboxylic acids is 1. The van der Waals surface area contributed by atoms with Gasteiger partial charge in [0.15, 0.2) is 0 Å². The van der Waals surface area contributed by atoms with Crippen molar-refractivity contribution in [2.75, 3.05) is 0 Å². The second-order valence-corrected chi connectivity index (χ2v) is 4.53. The molecule has 4 nitrogen and oxygen atoms in total. The van der Waals surface area contributed by atoms with Gasteiger partial charge in [-0.1, -0.05) is 37.1 Å². The zero-order valence-electron chi connectivity index (χ0n) is 10.2. The molecule has 0 fully saturated rings. The van der Waals surface area contributed by atoms with Gasteiger partial charge < -0.3 is 5.32 Å². The van der Waals surface area contributed by atoms with Gasteiger partial charge in [0.05, 0.1) is 11.7 Å². The molecular weight excluding hydrogens is 234 g/mol. The zero-order valence-corrected chi connectivity index (χ0v) is 11.0. The van der Waals surface area contributed by atoms with E-state index in [9.17, 15) is 4.79 Å². The molecule has 5 heteroatoms. The van der Waals surface area contributed by atoms with Gasteiger partial charge in [0.2, 0.25) is 0 Å². The molecule has 0 aliphatic heterocycles. The van der Waals surface area contributed by atoms with Crippen molar-refractivity contribution < 1.29 is 4.79 Å². The minimum atomic E-state index is -0.205. The topological polar surface area (TPSA) is 54.9 Å². The smallest absolute Gasteiger partial charge is 0.265 e. The SMILES string of the molecule is C#CC(CCC)NC(=O)c1snnc1CCC. The lowest BCUT2D eigenvalue weighted by molar-refractivity contribution is 0.0947. The van der Waals surface area contributed by atoms with Crippen molar-refractivity contribution >= 4 is 17.4 Å². The summed E-state index contributed by atoms with van der Waals surface area (Å²) in [6.07, 6.45) is 8.81. The van der Waals surface area contributed by atoms with E-state index in [1.807, 2.05) is 13.8 Å². The highest BCUT2D eigenvalue weighted by molar-refractivity contribution is 7.08. The lowest BCUT2D eigenvalue weighted by Gasteiger charge is -2.11. The third-order valence-electron chi connectivity index (χ3n) is 2.33. The summed E-state index contributed by atoms with van der Waals surface area (Å²) in [5.41, 5.74) is 0.766. The summed E-state index contributed by atoms with van der Waals surface area (Å²) in [6.45, 7) is 4.08. The first-order valence-corrected chi connectivity index (χ1v) is 6.58. The minimum absolute atomic E-state index is 0.153. The average Bonchev–Trinajstić information content (AvgIpc) is 2.77. The molecule has 1 aromatic rings. The van der Waals surface area contributed by atoms with Gasteiger partial charge in [0, 0.05) is 0 Å². The number of aryl methyl sites for hydroxylation is 1. The predicted molar refractivity (Wildman–Crippen MR) is 68.9 cm³/mol. The van der Waals surface area contributed by atoms with Gasteiger partial charge in [-0.25, -0.2) is 0 Å². The molecule has 1 unspecified atom stereocenters. The van der Waals surface area contributed by atoms with Gasteiger partial charge in [0.25, 0.3) is 5.91 Å². The van der Waals surface area contributed by atoms with Gasteiger partial charge in [0.1, 0.15) is 4.88 Å². The van der Waals surface area contributed by atoms with Crippen LogP contribution in [0.5, 0.6) is 0 Å². The number of terminal acetylenes is 1. The van der Waals surface area contributed by atoms with Crippen molar-refractivity contribution in [2.24, 2.45) is 0 Å². The number of rotatable bonds is 6. The normalized spacial score (nSPS) is 11.8. The molecule has 92 valence electrons. The van der Waals surface area contributed by atoms with Gasteiger partial charge >= 0.3 is 0 Å². The van der Waals surface area contributed by atoms with E-state index in [1.165, 1.54) is 0 Å². The Morgan fingerprint density at radius 3 is 2.88 bits per heavy atom. The van der Waals surface area contributed by atoms with E-state index in [4.69, 9.17) is 6.42 Å². The fourth-order valence-electron chi connectivity index (χ4n) is 1.49. The van der Waals surface area contributed by atoms with Crippen molar-refractivity contribution in [3.63, 3.8) is 0 Å². The largest absolute Gasteiger partial charge is 0.338 e. The molecule has 0 radical (unpaired) electrons. The lowest BCUT2D eigenvalue weighted by Crippen LogP contribution is -2.33. The molecular formula is C12H17N3OS. The van der Waals surface area contributed by atoms with Crippen LogP contribution in [-0.4, -0.2) is 21.5 Å². The molecule has 0 aliphatic rings. The summed E-state index contributed by atoms with van der Waals surface area (Å²) in [5.74, 6) is 2.43. The first-order chi connectivity index (χ1) is 8.22. The molecule has 0 aliphatic carbocycles. The summed E-state index contributed by atoms with van der Waals surface area (Å²) in [6, 6.07) is -0.205. The number of carbonyl (C=O) groups is 1. The van der Waals surface area contributed by atoms with Crippen LogP contribution in [0.4, 0.5) is 0 Å². The maximum atomic E-state index is 12.0. The highest BCUT2D eigenvalue weighted by Crippen LogP contribution is 2.12. The molecule has 1 rings (SSSR count). The molecule has 0 spiro atoms. The fourth-order valence-corrected chi connectivity index (χ4v) is 2.10. The predicted octanol–water partition coefficient (Wildman–Crippen LogP) is 2.02. The van der Waals surface area contributed by atoms with Crippen molar-refractivity contribution in [2.45, 2.75) is 45.6 Å². The van der Waals surface area contributed by atoms with Crippen LogP contribution in [0, 0.1) is 12.3 Å². The second-order valence-electron chi connectivity index (χ2n) is 3.78. The average molecular weight is 251 g/mol. The van der Waals surface area contributed by atoms with Crippen molar-refractivity contribution in [3.05, 3.63) is 10.6 Å². The monoisotopic (exact) mass is 251 g/mol. The number of nitrogens with zero attached hydrogens (tertiary/aromatic N) is 2. The maximum absolute atomic E-state index is 12.0. The van der Waals surface area contributed by atoms with Crippen molar-refractivity contribution in [1.29, 1.82) is 0 Å². The highest BCUT2D eigenvalue weighted by Gasteiger charge is 2.17. The molecule has 0 bridgehead atoms. The molecule has 1 amide bonds. The quantitative estimate of drug-likeness (QED) is 0.787. The first-order valence-electron chi connectivity index (χ1n) is 5.81. The summed E-state index contributed by atoms with van der Waals surface area (Å²) in [5, 5.41) is 6.79. The maximum Gasteiger partial charge on any atom is 0.265 e. The van der Waals surface area contributed by atoms with Crippen LogP contribution in [-0.2, 0) is 6.42 Å². The van der Waals surface area contributed by atoms with E-state index in [0.29, 0.717) is 4.88 Å². The van der Waals surface area contributed by atoms with Crippen LogP contribution < -0.4 is 5.32 Å². The van der Waals surface area contributed by atoms with Gasteiger partial charge in [-0.05, 0) is 24.4 Å². The number of amides is 1. The Morgan fingerprint density at radius 1 is 1.53 bits per heavy atom. The van der Waals surface area contributed by atoms with E-state index in [2.05, 4.69) is 20.8 Å². The molecule has 1 N–H and O–H groups in total. The standard InChI is InChI=1S/C12H17N3OS/c1-4-7-9(6-3)13-12(16)11-10(8-5-2)14-15-17-11/h3,9H,4-5,7-8H2,1-2H3,(H,13,16). The Labute approximate surface area is 106 Å². The number of nitrogens with one attached hydrogen (secondary N) is 1. The Bertz CT molecular complexity index is 408. The van der Waals surface area contributed by atoms with Crippen LogP contribution in [0.3, 0.4) is 0 Å². The molecule has 0 saturated heterocycles. The summed E-state index contributed by atoms with van der Waals surface area (Å²) >= 11 is 1.13. The van der Waals surface area contributed by atoms with Gasteiger partial charge in [-0.2, -0.15) is 0 Å². The summed E-state index contributed by atoms with van der Waals surface area (Å²) in [4.78, 5) is 12.6. The number of hydrogen-bond donors (Lipinski definition) is 1. The van der Waals surface area contributed by atoms with Crippen LogP contribution in [0.15, 0.2) is 0 Å². The molecule has 0 aromatic carbocycles. The van der Waals surface area contributed by atoms with Crippen LogP contribution in [0.25, 0.3) is 0 Å². The second kappa shape index (κ2) is 7.02. The van der Waals surface area contributed by atoms with Crippen molar-refractivity contribution in [1.82, 2.24) is 14.9 Å². The molecule has 17 heavy (non-hydrogen) atoms. The molecule has 0 saturated carbocycles. The Morgan fingerprint density at radius 2 is 2.29 bits per heavy atom. The third kappa shape index (κ3) is 3.82. The van der Waals surface area contributed by atoms with Crippen LogP contribution >= 0.6 is 11.5 Å². The zero-order chi connectivity index (χ0) is 12.7. The molecule has 1 atom stereocenters. The Hall–Kier alpha value is -1.41. The van der Waals surface area contributed by atoms with Gasteiger partial charge in [-0.15, -0.1) is 11.5 Å². The van der Waals surface area contributed by atoms with E-state index in [-0.39, 0.29) is 11.9 Å². The number of aromatic nitrogens is 2. The Balaban J connectivity index is 2.69. The van der Waals surface area contributed by atoms with Crippen molar-refractivity contribution in [3.8, 4) is 12.3 Å². The minimum Gasteiger partial charge on any atom is -0.338 e. The molecule has 1 heterocycles. The Kier molecular flexibility index (Phi) is 5.64. The van der Waals surface area contributed by atoms with E-state index < -0.39 is 0 Å². The third-order valence-corrected chi connectivity index (χ3v) is 3.10.